The molecule has 1 N–H and O–H groups in total. The van der Waals surface area contributed by atoms with E-state index in [1.807, 2.05) is 6.92 Å². The third-order valence-corrected chi connectivity index (χ3v) is 6.12. The van der Waals surface area contributed by atoms with Crippen LogP contribution in [0.1, 0.15) is 47.0 Å². The number of allylic oxidation sites excluding steroid dienone is 1. The van der Waals surface area contributed by atoms with Crippen molar-refractivity contribution in [1.82, 2.24) is 0 Å². The van der Waals surface area contributed by atoms with Crippen molar-refractivity contribution < 1.29 is 14.6 Å². The Bertz CT molecular complexity index is 463. The van der Waals surface area contributed by atoms with Gasteiger partial charge in [-0.15, -0.1) is 0 Å². The van der Waals surface area contributed by atoms with Gasteiger partial charge >= 0.3 is 5.97 Å². The maximum atomic E-state index is 11.8. The van der Waals surface area contributed by atoms with E-state index in [4.69, 9.17) is 4.74 Å². The van der Waals surface area contributed by atoms with E-state index in [0.717, 1.165) is 19.3 Å². The molecule has 2 aliphatic rings. The van der Waals surface area contributed by atoms with Gasteiger partial charge in [-0.1, -0.05) is 39.5 Å². The second kappa shape index (κ2) is 4.73. The van der Waals surface area contributed by atoms with Crippen LogP contribution in [0, 0.1) is 16.7 Å². The fourth-order valence-corrected chi connectivity index (χ4v) is 4.18. The second-order valence-electron chi connectivity index (χ2n) is 7.13. The Morgan fingerprint density at radius 1 is 1.45 bits per heavy atom. The van der Waals surface area contributed by atoms with Crippen LogP contribution in [0.2, 0.25) is 0 Å². The van der Waals surface area contributed by atoms with Crippen LogP contribution in [0.25, 0.3) is 0 Å². The van der Waals surface area contributed by atoms with Crippen molar-refractivity contribution in [1.29, 1.82) is 0 Å². The maximum absolute atomic E-state index is 11.8. The zero-order valence-electron chi connectivity index (χ0n) is 13.0. The van der Waals surface area contributed by atoms with E-state index in [-0.39, 0.29) is 17.4 Å². The van der Waals surface area contributed by atoms with E-state index in [1.54, 1.807) is 12.2 Å². The van der Waals surface area contributed by atoms with Crippen LogP contribution < -0.4 is 0 Å². The molecule has 0 radical (unpaired) electrons. The first-order chi connectivity index (χ1) is 9.18. The third-order valence-electron chi connectivity index (χ3n) is 6.12. The monoisotopic (exact) mass is 278 g/mol. The van der Waals surface area contributed by atoms with Gasteiger partial charge in [0.25, 0.3) is 0 Å². The molecule has 2 fully saturated rings. The number of carbonyl (C=O) groups excluding carboxylic acids is 1. The Morgan fingerprint density at radius 2 is 2.10 bits per heavy atom. The molecule has 3 nitrogen and oxygen atoms in total. The summed E-state index contributed by atoms with van der Waals surface area (Å²) < 4.78 is 5.31. The zero-order chi connectivity index (χ0) is 15.2. The molecule has 2 bridgehead atoms. The van der Waals surface area contributed by atoms with Gasteiger partial charge < -0.3 is 9.84 Å². The van der Waals surface area contributed by atoms with Gasteiger partial charge in [-0.05, 0) is 37.5 Å². The quantitative estimate of drug-likeness (QED) is 0.488. The summed E-state index contributed by atoms with van der Waals surface area (Å²) in [7, 11) is 0. The minimum atomic E-state index is -0.911. The van der Waals surface area contributed by atoms with Gasteiger partial charge in [-0.2, -0.15) is 0 Å². The van der Waals surface area contributed by atoms with E-state index in [2.05, 4.69) is 27.4 Å². The zero-order valence-corrected chi connectivity index (χ0v) is 13.0. The van der Waals surface area contributed by atoms with E-state index >= 15 is 0 Å². The molecular formula is C17H26O3. The van der Waals surface area contributed by atoms with Gasteiger partial charge in [0.15, 0.2) is 0 Å². The Kier molecular flexibility index (Phi) is 3.62. The number of rotatable bonds is 4. The first-order valence-electron chi connectivity index (χ1n) is 7.39. The highest BCUT2D eigenvalue weighted by Crippen LogP contribution is 2.69. The Hall–Kier alpha value is -1.09. The van der Waals surface area contributed by atoms with Crippen LogP contribution in [0.4, 0.5) is 0 Å². The van der Waals surface area contributed by atoms with E-state index < -0.39 is 11.6 Å². The lowest BCUT2D eigenvalue weighted by Gasteiger charge is -2.44. The minimum Gasteiger partial charge on any atom is -0.459 e. The average Bonchev–Trinajstić information content (AvgIpc) is 2.68. The summed E-state index contributed by atoms with van der Waals surface area (Å²) in [6, 6.07) is 0. The number of hydrogen-bond acceptors (Lipinski definition) is 3. The van der Waals surface area contributed by atoms with Crippen molar-refractivity contribution >= 4 is 5.97 Å². The molecule has 0 aromatic carbocycles. The molecule has 3 heteroatoms. The fraction of sp³-hybridized carbons (Fsp3) is 0.706. The third kappa shape index (κ3) is 1.95. The van der Waals surface area contributed by atoms with Gasteiger partial charge in [0.2, 0.25) is 0 Å². The summed E-state index contributed by atoms with van der Waals surface area (Å²) in [4.78, 5) is 11.8. The van der Waals surface area contributed by atoms with Crippen molar-refractivity contribution in [2.24, 2.45) is 16.7 Å². The topological polar surface area (TPSA) is 46.5 Å². The fourth-order valence-electron chi connectivity index (χ4n) is 4.18. The SMILES string of the molecule is C=C(/C=C/C)C(=O)OC[C@@]1(O)C[C@H]2CC[C@]1(C)C2(C)C. The molecule has 3 atom stereocenters. The van der Waals surface area contributed by atoms with Crippen molar-refractivity contribution in [3.63, 3.8) is 0 Å². The van der Waals surface area contributed by atoms with Crippen LogP contribution in [0.5, 0.6) is 0 Å². The molecule has 0 aromatic heterocycles. The molecule has 2 aliphatic carbocycles. The molecule has 0 amide bonds. The van der Waals surface area contributed by atoms with E-state index in [0.29, 0.717) is 11.5 Å². The van der Waals surface area contributed by atoms with E-state index in [1.165, 1.54) is 0 Å². The first-order valence-corrected chi connectivity index (χ1v) is 7.39. The molecule has 0 saturated heterocycles. The molecule has 0 spiro atoms. The highest BCUT2D eigenvalue weighted by molar-refractivity contribution is 5.90. The summed E-state index contributed by atoms with van der Waals surface area (Å²) in [5.41, 5.74) is -0.684. The Morgan fingerprint density at radius 3 is 2.55 bits per heavy atom. The first kappa shape index (κ1) is 15.3. The van der Waals surface area contributed by atoms with Gasteiger partial charge in [-0.3, -0.25) is 0 Å². The van der Waals surface area contributed by atoms with Crippen LogP contribution in [-0.2, 0) is 9.53 Å². The number of carbonyl (C=O) groups is 1. The molecule has 2 rings (SSSR count). The number of aliphatic hydroxyl groups is 1. The molecule has 0 aromatic rings. The Labute approximate surface area is 121 Å². The summed E-state index contributed by atoms with van der Waals surface area (Å²) >= 11 is 0. The second-order valence-corrected chi connectivity index (χ2v) is 7.13. The number of hydrogen-bond donors (Lipinski definition) is 1. The largest absolute Gasteiger partial charge is 0.459 e. The average molecular weight is 278 g/mol. The molecule has 0 aliphatic heterocycles. The molecule has 112 valence electrons. The number of ether oxygens (including phenoxy) is 1. The van der Waals surface area contributed by atoms with Gasteiger partial charge in [0.1, 0.15) is 12.2 Å². The van der Waals surface area contributed by atoms with Gasteiger partial charge in [0, 0.05) is 5.41 Å². The van der Waals surface area contributed by atoms with Crippen molar-refractivity contribution in [3.8, 4) is 0 Å². The predicted octanol–water partition coefficient (Wildman–Crippen LogP) is 3.24. The standard InChI is InChI=1S/C17H26O3/c1-6-7-12(2)14(18)20-11-17(19)10-13-8-9-16(17,5)15(13,3)4/h6-7,13,19H,2,8-11H2,1,3-5H3/b7-6+/t13-,16-,17+/m1/s1. The van der Waals surface area contributed by atoms with Crippen molar-refractivity contribution in [2.75, 3.05) is 6.61 Å². The highest BCUT2D eigenvalue weighted by atomic mass is 16.5. The summed E-state index contributed by atoms with van der Waals surface area (Å²) in [5.74, 6) is 0.0654. The minimum absolute atomic E-state index is 0.0683. The molecule has 2 saturated carbocycles. The maximum Gasteiger partial charge on any atom is 0.337 e. The van der Waals surface area contributed by atoms with Crippen LogP contribution in [0.3, 0.4) is 0 Å². The normalized spacial score (nSPS) is 38.4. The lowest BCUT2D eigenvalue weighted by Crippen LogP contribution is -2.50. The summed E-state index contributed by atoms with van der Waals surface area (Å²) in [6.45, 7) is 12.1. The van der Waals surface area contributed by atoms with E-state index in [9.17, 15) is 9.90 Å². The smallest absolute Gasteiger partial charge is 0.337 e. The Balaban J connectivity index is 2.08. The molecule has 20 heavy (non-hydrogen) atoms. The predicted molar refractivity (Wildman–Crippen MR) is 79.1 cm³/mol. The lowest BCUT2D eigenvalue weighted by atomic mass is 9.64. The van der Waals surface area contributed by atoms with Crippen molar-refractivity contribution in [3.05, 3.63) is 24.3 Å². The van der Waals surface area contributed by atoms with Crippen LogP contribution in [-0.4, -0.2) is 23.3 Å². The number of fused-ring (bicyclic) bond motifs is 2. The van der Waals surface area contributed by atoms with Crippen LogP contribution in [0.15, 0.2) is 24.3 Å². The summed E-state index contributed by atoms with van der Waals surface area (Å²) in [5, 5.41) is 11.0. The summed E-state index contributed by atoms with van der Waals surface area (Å²) in [6.07, 6.45) is 6.25. The van der Waals surface area contributed by atoms with Gasteiger partial charge in [-0.25, -0.2) is 4.79 Å². The lowest BCUT2D eigenvalue weighted by molar-refractivity contribution is -0.161. The molecule has 0 heterocycles. The van der Waals surface area contributed by atoms with Crippen LogP contribution >= 0.6 is 0 Å². The number of esters is 1. The van der Waals surface area contributed by atoms with Gasteiger partial charge in [0.05, 0.1) is 5.57 Å². The molecular weight excluding hydrogens is 252 g/mol. The molecule has 0 unspecified atom stereocenters. The van der Waals surface area contributed by atoms with Crippen molar-refractivity contribution in [2.45, 2.75) is 52.6 Å². The highest BCUT2D eigenvalue weighted by Gasteiger charge is 2.68.